The molecule has 84 valence electrons. The van der Waals surface area contributed by atoms with Crippen LogP contribution in [0.15, 0.2) is 18.3 Å². The van der Waals surface area contributed by atoms with Crippen molar-refractivity contribution in [2.24, 2.45) is 0 Å². The molecule has 0 radical (unpaired) electrons. The standard InChI is InChI=1S/C11H18N2O2/c1-14-6-4-9(8-15-2)11-7-10(12)3-5-13-11/h3,5,7,9H,4,6,8H2,1-2H3,(H2,12,13). The molecule has 1 unspecified atom stereocenters. The van der Waals surface area contributed by atoms with E-state index in [-0.39, 0.29) is 5.92 Å². The van der Waals surface area contributed by atoms with Gasteiger partial charge in [-0.2, -0.15) is 0 Å². The van der Waals surface area contributed by atoms with Gasteiger partial charge in [0.05, 0.1) is 6.61 Å². The maximum Gasteiger partial charge on any atom is 0.0546 e. The van der Waals surface area contributed by atoms with E-state index in [1.54, 1.807) is 26.5 Å². The Labute approximate surface area is 90.4 Å². The first-order valence-electron chi connectivity index (χ1n) is 4.97. The Morgan fingerprint density at radius 2 is 2.20 bits per heavy atom. The van der Waals surface area contributed by atoms with Crippen LogP contribution in [0.4, 0.5) is 5.69 Å². The second kappa shape index (κ2) is 6.37. The number of nitrogens with two attached hydrogens (primary N) is 1. The van der Waals surface area contributed by atoms with Crippen molar-refractivity contribution >= 4 is 5.69 Å². The third-order valence-electron chi connectivity index (χ3n) is 2.26. The number of anilines is 1. The molecular formula is C11H18N2O2. The smallest absolute Gasteiger partial charge is 0.0546 e. The molecule has 1 rings (SSSR count). The van der Waals surface area contributed by atoms with E-state index >= 15 is 0 Å². The summed E-state index contributed by atoms with van der Waals surface area (Å²) >= 11 is 0. The zero-order valence-electron chi connectivity index (χ0n) is 9.27. The van der Waals surface area contributed by atoms with Gasteiger partial charge in [-0.1, -0.05) is 0 Å². The van der Waals surface area contributed by atoms with E-state index in [9.17, 15) is 0 Å². The first-order chi connectivity index (χ1) is 7.27. The number of hydrogen-bond acceptors (Lipinski definition) is 4. The Bertz CT molecular complexity index is 292. The van der Waals surface area contributed by atoms with Crippen LogP contribution in [-0.2, 0) is 9.47 Å². The third kappa shape index (κ3) is 3.85. The predicted octanol–water partition coefficient (Wildman–Crippen LogP) is 1.43. The van der Waals surface area contributed by atoms with Crippen LogP contribution in [0, 0.1) is 0 Å². The zero-order chi connectivity index (χ0) is 11.1. The van der Waals surface area contributed by atoms with Gasteiger partial charge in [-0.3, -0.25) is 4.98 Å². The van der Waals surface area contributed by atoms with Crippen LogP contribution in [0.25, 0.3) is 0 Å². The fraction of sp³-hybridized carbons (Fsp3) is 0.545. The number of pyridine rings is 1. The summed E-state index contributed by atoms with van der Waals surface area (Å²) in [6.07, 6.45) is 2.61. The first-order valence-corrected chi connectivity index (χ1v) is 4.97. The number of nitrogens with zero attached hydrogens (tertiary/aromatic N) is 1. The minimum Gasteiger partial charge on any atom is -0.399 e. The van der Waals surface area contributed by atoms with Gasteiger partial charge in [0.15, 0.2) is 0 Å². The van der Waals surface area contributed by atoms with Crippen molar-refractivity contribution in [1.82, 2.24) is 4.98 Å². The molecular weight excluding hydrogens is 192 g/mol. The largest absolute Gasteiger partial charge is 0.399 e. The molecule has 0 saturated carbocycles. The highest BCUT2D eigenvalue weighted by atomic mass is 16.5. The van der Waals surface area contributed by atoms with Crippen LogP contribution in [0.1, 0.15) is 18.0 Å². The van der Waals surface area contributed by atoms with Gasteiger partial charge in [0.1, 0.15) is 0 Å². The molecule has 2 N–H and O–H groups in total. The number of ether oxygens (including phenoxy) is 2. The quantitative estimate of drug-likeness (QED) is 0.771. The topological polar surface area (TPSA) is 57.4 Å². The molecule has 0 fully saturated rings. The molecule has 0 bridgehead atoms. The van der Waals surface area contributed by atoms with Gasteiger partial charge in [-0.15, -0.1) is 0 Å². The van der Waals surface area contributed by atoms with E-state index in [0.29, 0.717) is 13.2 Å². The fourth-order valence-electron chi connectivity index (χ4n) is 1.47. The molecule has 1 atom stereocenters. The monoisotopic (exact) mass is 210 g/mol. The summed E-state index contributed by atoms with van der Waals surface area (Å²) in [4.78, 5) is 4.30. The lowest BCUT2D eigenvalue weighted by molar-refractivity contribution is 0.142. The Morgan fingerprint density at radius 1 is 1.40 bits per heavy atom. The van der Waals surface area contributed by atoms with Crippen LogP contribution in [0.2, 0.25) is 0 Å². The highest BCUT2D eigenvalue weighted by molar-refractivity contribution is 5.38. The predicted molar refractivity (Wildman–Crippen MR) is 59.8 cm³/mol. The highest BCUT2D eigenvalue weighted by Crippen LogP contribution is 2.19. The maximum absolute atomic E-state index is 5.71. The first kappa shape index (κ1) is 11.9. The minimum absolute atomic E-state index is 0.249. The molecule has 4 heteroatoms. The molecule has 1 aromatic rings. The van der Waals surface area contributed by atoms with Crippen LogP contribution < -0.4 is 5.73 Å². The summed E-state index contributed by atoms with van der Waals surface area (Å²) in [6.45, 7) is 1.34. The van der Waals surface area contributed by atoms with Crippen molar-refractivity contribution in [2.75, 3.05) is 33.2 Å². The van der Waals surface area contributed by atoms with Gasteiger partial charge in [-0.25, -0.2) is 0 Å². The number of nitrogen functional groups attached to an aromatic ring is 1. The van der Waals surface area contributed by atoms with Crippen molar-refractivity contribution < 1.29 is 9.47 Å². The van der Waals surface area contributed by atoms with Gasteiger partial charge in [0, 0.05) is 44.3 Å². The van der Waals surface area contributed by atoms with Gasteiger partial charge < -0.3 is 15.2 Å². The van der Waals surface area contributed by atoms with E-state index in [1.807, 2.05) is 6.07 Å². The number of rotatable bonds is 6. The summed E-state index contributed by atoms with van der Waals surface area (Å²) in [6, 6.07) is 3.67. The van der Waals surface area contributed by atoms with Crippen molar-refractivity contribution in [3.63, 3.8) is 0 Å². The number of hydrogen-bond donors (Lipinski definition) is 1. The van der Waals surface area contributed by atoms with Gasteiger partial charge in [0.2, 0.25) is 0 Å². The van der Waals surface area contributed by atoms with E-state index in [0.717, 1.165) is 17.8 Å². The Balaban J connectivity index is 2.69. The van der Waals surface area contributed by atoms with E-state index in [2.05, 4.69) is 4.98 Å². The van der Waals surface area contributed by atoms with Crippen LogP contribution in [0.5, 0.6) is 0 Å². The Kier molecular flexibility index (Phi) is 5.07. The normalized spacial score (nSPS) is 12.7. The molecule has 0 aliphatic heterocycles. The molecule has 0 amide bonds. The Morgan fingerprint density at radius 3 is 2.80 bits per heavy atom. The summed E-state index contributed by atoms with van der Waals surface area (Å²) in [5.74, 6) is 0.249. The summed E-state index contributed by atoms with van der Waals surface area (Å²) in [7, 11) is 3.38. The average molecular weight is 210 g/mol. The number of methoxy groups -OCH3 is 2. The third-order valence-corrected chi connectivity index (χ3v) is 2.26. The SMILES string of the molecule is COCCC(COC)c1cc(N)ccn1. The molecule has 1 aromatic heterocycles. The summed E-state index contributed by atoms with van der Waals surface area (Å²) < 4.78 is 10.2. The fourth-order valence-corrected chi connectivity index (χ4v) is 1.47. The van der Waals surface area contributed by atoms with Crippen molar-refractivity contribution in [3.8, 4) is 0 Å². The van der Waals surface area contributed by atoms with Gasteiger partial charge in [0.25, 0.3) is 0 Å². The molecule has 1 heterocycles. The molecule has 15 heavy (non-hydrogen) atoms. The average Bonchev–Trinajstić information content (AvgIpc) is 2.24. The molecule has 0 spiro atoms. The molecule has 0 aliphatic rings. The van der Waals surface area contributed by atoms with E-state index in [4.69, 9.17) is 15.2 Å². The van der Waals surface area contributed by atoms with Crippen LogP contribution >= 0.6 is 0 Å². The Hall–Kier alpha value is -1.13. The van der Waals surface area contributed by atoms with Gasteiger partial charge in [-0.05, 0) is 18.6 Å². The van der Waals surface area contributed by atoms with Crippen molar-refractivity contribution in [3.05, 3.63) is 24.0 Å². The summed E-state index contributed by atoms with van der Waals surface area (Å²) in [5, 5.41) is 0. The zero-order valence-corrected chi connectivity index (χ0v) is 9.27. The lowest BCUT2D eigenvalue weighted by Gasteiger charge is -2.15. The van der Waals surface area contributed by atoms with Crippen LogP contribution in [0.3, 0.4) is 0 Å². The van der Waals surface area contributed by atoms with Crippen molar-refractivity contribution in [1.29, 1.82) is 0 Å². The highest BCUT2D eigenvalue weighted by Gasteiger charge is 2.12. The second-order valence-corrected chi connectivity index (χ2v) is 3.45. The van der Waals surface area contributed by atoms with E-state index in [1.165, 1.54) is 0 Å². The number of aromatic nitrogens is 1. The maximum atomic E-state index is 5.71. The molecule has 0 aliphatic carbocycles. The molecule has 0 saturated heterocycles. The lowest BCUT2D eigenvalue weighted by Crippen LogP contribution is -2.11. The van der Waals surface area contributed by atoms with Gasteiger partial charge >= 0.3 is 0 Å². The van der Waals surface area contributed by atoms with E-state index < -0.39 is 0 Å². The van der Waals surface area contributed by atoms with Crippen molar-refractivity contribution in [2.45, 2.75) is 12.3 Å². The second-order valence-electron chi connectivity index (χ2n) is 3.45. The summed E-state index contributed by atoms with van der Waals surface area (Å²) in [5.41, 5.74) is 7.41. The van der Waals surface area contributed by atoms with Crippen LogP contribution in [-0.4, -0.2) is 32.4 Å². The lowest BCUT2D eigenvalue weighted by atomic mass is 10.0. The minimum atomic E-state index is 0.249. The molecule has 0 aromatic carbocycles. The molecule has 4 nitrogen and oxygen atoms in total.